The van der Waals surface area contributed by atoms with Crippen LogP contribution in [0, 0.1) is 6.92 Å². The molecule has 0 aliphatic carbocycles. The number of ether oxygens (including phenoxy) is 1. The van der Waals surface area contributed by atoms with Crippen LogP contribution in [0.5, 0.6) is 5.75 Å². The maximum atomic E-state index is 12.6. The average Bonchev–Trinajstić information content (AvgIpc) is 2.76. The van der Waals surface area contributed by atoms with E-state index in [-0.39, 0.29) is 23.6 Å². The second kappa shape index (κ2) is 10.3. The highest BCUT2D eigenvalue weighted by Crippen LogP contribution is 2.18. The van der Waals surface area contributed by atoms with Gasteiger partial charge in [0.1, 0.15) is 5.75 Å². The number of hydrogen-bond donors (Lipinski definition) is 1. The average molecular weight is 431 g/mol. The minimum Gasteiger partial charge on any atom is -0.435 e. The molecular weight excluding hydrogens is 404 g/mol. The summed E-state index contributed by atoms with van der Waals surface area (Å²) in [5.74, 6) is -0.0630. The molecule has 1 aliphatic heterocycles. The number of hydrogen-bond acceptors (Lipinski definition) is 4. The van der Waals surface area contributed by atoms with E-state index in [2.05, 4.69) is 10.1 Å². The second-order valence-electron chi connectivity index (χ2n) is 7.59. The molecule has 3 rings (SSSR count). The van der Waals surface area contributed by atoms with Crippen LogP contribution in [-0.2, 0) is 16.0 Å². The molecule has 2 amide bonds. The van der Waals surface area contributed by atoms with Crippen molar-refractivity contribution in [2.45, 2.75) is 32.9 Å². The summed E-state index contributed by atoms with van der Waals surface area (Å²) < 4.78 is 28.8. The summed E-state index contributed by atoms with van der Waals surface area (Å²) in [7, 11) is 0. The number of anilines is 1. The second-order valence-corrected chi connectivity index (χ2v) is 7.59. The fourth-order valence-electron chi connectivity index (χ4n) is 3.57. The standard InChI is InChI=1S/C23H27F2N3O3/c1-16-5-3-4-6-18(16)15-21(29)28-13-11-27(12-14-28)17(2)22(30)26-19-7-9-20(10-8-19)31-23(24)25/h3-10,17,23H,11-15H2,1-2H3,(H,26,30). The highest BCUT2D eigenvalue weighted by Gasteiger charge is 2.27. The van der Waals surface area contributed by atoms with Crippen molar-refractivity contribution < 1.29 is 23.1 Å². The Morgan fingerprint density at radius 2 is 1.68 bits per heavy atom. The minimum atomic E-state index is -2.89. The molecule has 6 nitrogen and oxygen atoms in total. The SMILES string of the molecule is Cc1ccccc1CC(=O)N1CCN(C(C)C(=O)Nc2ccc(OC(F)F)cc2)CC1. The first-order valence-corrected chi connectivity index (χ1v) is 10.3. The Morgan fingerprint density at radius 1 is 1.03 bits per heavy atom. The van der Waals surface area contributed by atoms with Gasteiger partial charge in [-0.25, -0.2) is 0 Å². The van der Waals surface area contributed by atoms with Gasteiger partial charge in [-0.15, -0.1) is 0 Å². The first-order chi connectivity index (χ1) is 14.8. The van der Waals surface area contributed by atoms with Crippen molar-refractivity contribution in [2.24, 2.45) is 0 Å². The maximum absolute atomic E-state index is 12.6. The fraction of sp³-hybridized carbons (Fsp3) is 0.391. The monoisotopic (exact) mass is 431 g/mol. The van der Waals surface area contributed by atoms with Crippen LogP contribution in [0.25, 0.3) is 0 Å². The summed E-state index contributed by atoms with van der Waals surface area (Å²) in [5.41, 5.74) is 2.65. The number of alkyl halides is 2. The molecule has 0 bridgehead atoms. The van der Waals surface area contributed by atoms with Gasteiger partial charge >= 0.3 is 6.61 Å². The number of benzene rings is 2. The lowest BCUT2D eigenvalue weighted by atomic mass is 10.0. The Hall–Kier alpha value is -3.00. The molecule has 31 heavy (non-hydrogen) atoms. The Bertz CT molecular complexity index is 897. The van der Waals surface area contributed by atoms with E-state index in [1.165, 1.54) is 24.3 Å². The molecule has 2 aromatic rings. The van der Waals surface area contributed by atoms with Crippen molar-refractivity contribution in [3.8, 4) is 5.75 Å². The van der Waals surface area contributed by atoms with Gasteiger partial charge in [0.15, 0.2) is 0 Å². The molecule has 166 valence electrons. The lowest BCUT2D eigenvalue weighted by molar-refractivity contribution is -0.133. The summed E-state index contributed by atoms with van der Waals surface area (Å²) in [6.45, 7) is 3.28. The molecule has 0 spiro atoms. The van der Waals surface area contributed by atoms with Gasteiger partial charge in [-0.3, -0.25) is 14.5 Å². The Kier molecular flexibility index (Phi) is 7.57. The van der Waals surface area contributed by atoms with Gasteiger partial charge < -0.3 is 15.0 Å². The molecular formula is C23H27F2N3O3. The molecule has 0 radical (unpaired) electrons. The van der Waals surface area contributed by atoms with E-state index in [0.717, 1.165) is 11.1 Å². The van der Waals surface area contributed by atoms with Crippen molar-refractivity contribution in [3.63, 3.8) is 0 Å². The molecule has 1 heterocycles. The number of nitrogens with one attached hydrogen (secondary N) is 1. The lowest BCUT2D eigenvalue weighted by Crippen LogP contribution is -2.54. The van der Waals surface area contributed by atoms with E-state index >= 15 is 0 Å². The number of halogens is 2. The molecule has 1 unspecified atom stereocenters. The van der Waals surface area contributed by atoms with Crippen molar-refractivity contribution in [2.75, 3.05) is 31.5 Å². The van der Waals surface area contributed by atoms with Gasteiger partial charge in [0.05, 0.1) is 12.5 Å². The smallest absolute Gasteiger partial charge is 0.387 e. The maximum Gasteiger partial charge on any atom is 0.387 e. The van der Waals surface area contributed by atoms with Gasteiger partial charge in [0.2, 0.25) is 11.8 Å². The van der Waals surface area contributed by atoms with Crippen molar-refractivity contribution >= 4 is 17.5 Å². The zero-order valence-corrected chi connectivity index (χ0v) is 17.7. The van der Waals surface area contributed by atoms with E-state index in [1.54, 1.807) is 0 Å². The third kappa shape index (κ3) is 6.24. The van der Waals surface area contributed by atoms with Gasteiger partial charge in [0, 0.05) is 31.9 Å². The summed E-state index contributed by atoms with van der Waals surface area (Å²) in [5, 5.41) is 2.79. The number of nitrogens with zero attached hydrogens (tertiary/aromatic N) is 2. The topological polar surface area (TPSA) is 61.9 Å². The normalized spacial score (nSPS) is 15.6. The van der Waals surface area contributed by atoms with Crippen LogP contribution in [-0.4, -0.2) is 60.4 Å². The van der Waals surface area contributed by atoms with E-state index in [1.807, 2.05) is 47.9 Å². The van der Waals surface area contributed by atoms with Crippen molar-refractivity contribution in [1.29, 1.82) is 0 Å². The van der Waals surface area contributed by atoms with Gasteiger partial charge in [-0.05, 0) is 49.2 Å². The van der Waals surface area contributed by atoms with Crippen LogP contribution in [0.15, 0.2) is 48.5 Å². The van der Waals surface area contributed by atoms with E-state index in [4.69, 9.17) is 0 Å². The number of rotatable bonds is 7. The molecule has 1 atom stereocenters. The van der Waals surface area contributed by atoms with Crippen LogP contribution in [0.3, 0.4) is 0 Å². The largest absolute Gasteiger partial charge is 0.435 e. The predicted octanol–water partition coefficient (Wildman–Crippen LogP) is 3.31. The Labute approximate surface area is 180 Å². The number of piperazine rings is 1. The Morgan fingerprint density at radius 3 is 2.29 bits per heavy atom. The summed E-state index contributed by atoms with van der Waals surface area (Å²) in [6.07, 6.45) is 0.383. The van der Waals surface area contributed by atoms with Crippen molar-refractivity contribution in [3.05, 3.63) is 59.7 Å². The van der Waals surface area contributed by atoms with E-state index < -0.39 is 6.61 Å². The first-order valence-electron chi connectivity index (χ1n) is 10.3. The number of carbonyl (C=O) groups is 2. The predicted molar refractivity (Wildman–Crippen MR) is 114 cm³/mol. The number of aryl methyl sites for hydroxylation is 1. The highest BCUT2D eigenvalue weighted by atomic mass is 19.3. The molecule has 1 fully saturated rings. The minimum absolute atomic E-state index is 0.0348. The zero-order valence-electron chi connectivity index (χ0n) is 17.7. The molecule has 1 N–H and O–H groups in total. The van der Waals surface area contributed by atoms with Gasteiger partial charge in [0.25, 0.3) is 0 Å². The summed E-state index contributed by atoms with van der Waals surface area (Å²) >= 11 is 0. The van der Waals surface area contributed by atoms with Crippen LogP contribution in [0.1, 0.15) is 18.1 Å². The van der Waals surface area contributed by atoms with Crippen LogP contribution >= 0.6 is 0 Å². The molecule has 1 saturated heterocycles. The number of carbonyl (C=O) groups excluding carboxylic acids is 2. The quantitative estimate of drug-likeness (QED) is 0.731. The highest BCUT2D eigenvalue weighted by molar-refractivity contribution is 5.94. The van der Waals surface area contributed by atoms with E-state index in [0.29, 0.717) is 38.3 Å². The van der Waals surface area contributed by atoms with Gasteiger partial charge in [-0.1, -0.05) is 24.3 Å². The third-order valence-electron chi connectivity index (χ3n) is 5.54. The van der Waals surface area contributed by atoms with E-state index in [9.17, 15) is 18.4 Å². The lowest BCUT2D eigenvalue weighted by Gasteiger charge is -2.37. The zero-order chi connectivity index (χ0) is 22.4. The van der Waals surface area contributed by atoms with Crippen LogP contribution < -0.4 is 10.1 Å². The molecule has 1 aliphatic rings. The van der Waals surface area contributed by atoms with Gasteiger partial charge in [-0.2, -0.15) is 8.78 Å². The first kappa shape index (κ1) is 22.7. The molecule has 0 aromatic heterocycles. The summed E-state index contributed by atoms with van der Waals surface area (Å²) in [4.78, 5) is 29.1. The fourth-order valence-corrected chi connectivity index (χ4v) is 3.57. The molecule has 8 heteroatoms. The summed E-state index contributed by atoms with van der Waals surface area (Å²) in [6, 6.07) is 13.3. The number of amides is 2. The molecule has 2 aromatic carbocycles. The van der Waals surface area contributed by atoms with Crippen LogP contribution in [0.2, 0.25) is 0 Å². The third-order valence-corrected chi connectivity index (χ3v) is 5.54. The Balaban J connectivity index is 1.48. The van der Waals surface area contributed by atoms with Crippen LogP contribution in [0.4, 0.5) is 14.5 Å². The molecule has 0 saturated carbocycles. The van der Waals surface area contributed by atoms with Crippen molar-refractivity contribution in [1.82, 2.24) is 9.80 Å².